The molecule has 282 valence electrons. The van der Waals surface area contributed by atoms with E-state index >= 15 is 0 Å². The summed E-state index contributed by atoms with van der Waals surface area (Å²) in [6.45, 7) is 2.66. The Hall–Kier alpha value is -4.54. The topological polar surface area (TPSA) is 139 Å². The summed E-state index contributed by atoms with van der Waals surface area (Å²) in [7, 11) is 0. The number of nitrogens with zero attached hydrogens (tertiary/aromatic N) is 4. The molecule has 2 aromatic carbocycles. The molecule has 0 aliphatic carbocycles. The van der Waals surface area contributed by atoms with Gasteiger partial charge in [0.05, 0.1) is 22.9 Å². The standard InChI is InChI=1S/C35H41F6N7O4/c36-34(37,38)26-18-21(19-27(29(26)42)35(39,40)41)20-28(31(49)46-14-8-23(9-15-46)22-6-12-43-13-7-22)52-33(51)47-16-10-25(11-17-47)48-32(50)44-30(45-48)24-4-2-1-3-5-24/h1-5,18-19,22-23,25,28,43H,6-17,20,42H2,(H,44,45,50)/t28-/m1/s1. The van der Waals surface area contributed by atoms with Gasteiger partial charge in [0.25, 0.3) is 5.91 Å². The molecular weight excluding hydrogens is 696 g/mol. The highest BCUT2D eigenvalue weighted by Gasteiger charge is 2.42. The van der Waals surface area contributed by atoms with Crippen molar-refractivity contribution >= 4 is 17.7 Å². The van der Waals surface area contributed by atoms with E-state index in [-0.39, 0.29) is 19.1 Å². The van der Waals surface area contributed by atoms with Crippen molar-refractivity contribution in [3.8, 4) is 11.4 Å². The number of hydrogen-bond donors (Lipinski definition) is 3. The molecule has 11 nitrogen and oxygen atoms in total. The minimum atomic E-state index is -5.21. The number of aromatic nitrogens is 3. The first kappa shape index (κ1) is 37.2. The summed E-state index contributed by atoms with van der Waals surface area (Å²) in [4.78, 5) is 45.7. The lowest BCUT2D eigenvalue weighted by atomic mass is 9.79. The first-order chi connectivity index (χ1) is 24.7. The fourth-order valence-electron chi connectivity index (χ4n) is 7.60. The molecule has 0 bridgehead atoms. The van der Waals surface area contributed by atoms with Crippen molar-refractivity contribution in [3.05, 3.63) is 69.6 Å². The third-order valence-corrected chi connectivity index (χ3v) is 10.4. The molecule has 3 aliphatic rings. The number of halogens is 6. The minimum absolute atomic E-state index is 0.102. The van der Waals surface area contributed by atoms with E-state index in [0.29, 0.717) is 68.6 Å². The fourth-order valence-corrected chi connectivity index (χ4v) is 7.60. The van der Waals surface area contributed by atoms with Gasteiger partial charge < -0.3 is 25.6 Å². The van der Waals surface area contributed by atoms with Crippen molar-refractivity contribution in [3.63, 3.8) is 0 Å². The second-order valence-corrected chi connectivity index (χ2v) is 13.7. The van der Waals surface area contributed by atoms with Crippen LogP contribution in [0.3, 0.4) is 0 Å². The number of nitrogens with one attached hydrogen (secondary N) is 2. The molecule has 0 radical (unpaired) electrons. The number of benzene rings is 2. The maximum Gasteiger partial charge on any atom is 0.418 e. The van der Waals surface area contributed by atoms with Crippen molar-refractivity contribution in [2.24, 2.45) is 11.8 Å². The van der Waals surface area contributed by atoms with Crippen LogP contribution in [0, 0.1) is 11.8 Å². The number of alkyl halides is 6. The Kier molecular flexibility index (Phi) is 10.9. The molecule has 17 heteroatoms. The van der Waals surface area contributed by atoms with Crippen molar-refractivity contribution in [2.45, 2.75) is 69.4 Å². The molecule has 2 amide bonds. The normalized spacial score (nSPS) is 19.1. The number of ether oxygens (including phenoxy) is 1. The number of nitrogens with two attached hydrogens (primary N) is 1. The summed E-state index contributed by atoms with van der Waals surface area (Å²) < 4.78 is 90.1. The number of nitrogen functional groups attached to an aromatic ring is 1. The Bertz CT molecular complexity index is 1740. The number of H-pyrrole nitrogens is 1. The second-order valence-electron chi connectivity index (χ2n) is 13.7. The van der Waals surface area contributed by atoms with Gasteiger partial charge in [-0.25, -0.2) is 14.3 Å². The first-order valence-corrected chi connectivity index (χ1v) is 17.4. The highest BCUT2D eigenvalue weighted by atomic mass is 19.4. The third kappa shape index (κ3) is 8.40. The van der Waals surface area contributed by atoms with E-state index < -0.39 is 64.9 Å². The highest BCUT2D eigenvalue weighted by Crippen LogP contribution is 2.42. The summed E-state index contributed by atoms with van der Waals surface area (Å²) in [6, 6.07) is 9.63. The van der Waals surface area contributed by atoms with Gasteiger partial charge in [-0.2, -0.15) is 26.3 Å². The van der Waals surface area contributed by atoms with E-state index in [1.54, 1.807) is 12.1 Å². The van der Waals surface area contributed by atoms with Gasteiger partial charge in [0.1, 0.15) is 0 Å². The Morgan fingerprint density at radius 3 is 1.98 bits per heavy atom. The van der Waals surface area contributed by atoms with Crippen LogP contribution in [-0.4, -0.2) is 81.9 Å². The van der Waals surface area contributed by atoms with Gasteiger partial charge >= 0.3 is 24.1 Å². The van der Waals surface area contributed by atoms with E-state index in [0.717, 1.165) is 31.5 Å². The van der Waals surface area contributed by atoms with E-state index in [9.17, 15) is 40.7 Å². The number of likely N-dealkylation sites (tertiary alicyclic amines) is 2. The molecule has 4 N–H and O–H groups in total. The van der Waals surface area contributed by atoms with Crippen LogP contribution < -0.4 is 16.7 Å². The van der Waals surface area contributed by atoms with Crippen LogP contribution in [0.1, 0.15) is 61.3 Å². The van der Waals surface area contributed by atoms with Crippen molar-refractivity contribution < 1.29 is 40.7 Å². The summed E-state index contributed by atoms with van der Waals surface area (Å²) in [5, 5.41) is 7.75. The summed E-state index contributed by atoms with van der Waals surface area (Å²) >= 11 is 0. The van der Waals surface area contributed by atoms with Gasteiger partial charge in [0.2, 0.25) is 0 Å². The molecule has 52 heavy (non-hydrogen) atoms. The monoisotopic (exact) mass is 737 g/mol. The van der Waals surface area contributed by atoms with Crippen LogP contribution >= 0.6 is 0 Å². The minimum Gasteiger partial charge on any atom is -0.436 e. The number of rotatable bonds is 7. The maximum atomic E-state index is 13.9. The number of aromatic amines is 1. The Balaban J connectivity index is 1.19. The van der Waals surface area contributed by atoms with Crippen molar-refractivity contribution in [1.82, 2.24) is 29.9 Å². The lowest BCUT2D eigenvalue weighted by molar-refractivity contribution is -0.142. The van der Waals surface area contributed by atoms with Gasteiger partial charge in [-0.05, 0) is 81.1 Å². The predicted octanol–water partition coefficient (Wildman–Crippen LogP) is 5.48. The zero-order chi connectivity index (χ0) is 37.2. The van der Waals surface area contributed by atoms with E-state index in [1.807, 2.05) is 18.2 Å². The molecule has 0 spiro atoms. The maximum absolute atomic E-state index is 13.9. The number of carbonyl (C=O) groups excluding carboxylic acids is 2. The largest absolute Gasteiger partial charge is 0.436 e. The van der Waals surface area contributed by atoms with E-state index in [2.05, 4.69) is 15.4 Å². The molecule has 0 unspecified atom stereocenters. The molecule has 1 atom stereocenters. The highest BCUT2D eigenvalue weighted by molar-refractivity contribution is 5.84. The summed E-state index contributed by atoms with van der Waals surface area (Å²) in [5.74, 6) is 0.565. The SMILES string of the molecule is Nc1c(C(F)(F)F)cc(C[C@@H](OC(=O)N2CCC(n3nc(-c4ccccc4)[nH]c3=O)CC2)C(=O)N2CCC(C3CCNCC3)CC2)cc1C(F)(F)F. The van der Waals surface area contributed by atoms with Crippen LogP contribution in [0.25, 0.3) is 11.4 Å². The number of amides is 2. The van der Waals surface area contributed by atoms with Crippen LogP contribution in [-0.2, 0) is 28.3 Å². The molecular formula is C35H41F6N7O4. The molecule has 3 aromatic rings. The Morgan fingerprint density at radius 2 is 1.40 bits per heavy atom. The molecule has 1 aromatic heterocycles. The van der Waals surface area contributed by atoms with Crippen molar-refractivity contribution in [1.29, 1.82) is 0 Å². The predicted molar refractivity (Wildman–Crippen MR) is 178 cm³/mol. The van der Waals surface area contributed by atoms with E-state index in [4.69, 9.17) is 10.5 Å². The van der Waals surface area contributed by atoms with Crippen LogP contribution in [0.4, 0.5) is 36.8 Å². The van der Waals surface area contributed by atoms with Crippen molar-refractivity contribution in [2.75, 3.05) is 45.0 Å². The summed E-state index contributed by atoms with van der Waals surface area (Å²) in [5.41, 5.74) is 0.276. The number of piperidine rings is 3. The third-order valence-electron chi connectivity index (χ3n) is 10.4. The Labute approximate surface area is 295 Å². The summed E-state index contributed by atoms with van der Waals surface area (Å²) in [6.07, 6.45) is -9.80. The molecule has 3 fully saturated rings. The van der Waals surface area contributed by atoms with Gasteiger partial charge in [0.15, 0.2) is 11.9 Å². The van der Waals surface area contributed by atoms with Gasteiger partial charge in [-0.3, -0.25) is 9.78 Å². The Morgan fingerprint density at radius 1 is 0.846 bits per heavy atom. The molecule has 0 saturated carbocycles. The van der Waals surface area contributed by atoms with Crippen LogP contribution in [0.2, 0.25) is 0 Å². The first-order valence-electron chi connectivity index (χ1n) is 17.4. The van der Waals surface area contributed by atoms with Gasteiger partial charge in [-0.1, -0.05) is 30.3 Å². The zero-order valence-corrected chi connectivity index (χ0v) is 28.3. The molecule has 3 saturated heterocycles. The smallest absolute Gasteiger partial charge is 0.418 e. The number of anilines is 1. The number of carbonyl (C=O) groups is 2. The quantitative estimate of drug-likeness (QED) is 0.216. The average Bonchev–Trinajstić information content (AvgIpc) is 3.53. The van der Waals surface area contributed by atoms with Gasteiger partial charge in [-0.15, -0.1) is 5.10 Å². The van der Waals surface area contributed by atoms with E-state index in [1.165, 1.54) is 14.5 Å². The lowest BCUT2D eigenvalue weighted by Gasteiger charge is -2.39. The zero-order valence-electron chi connectivity index (χ0n) is 28.3. The lowest BCUT2D eigenvalue weighted by Crippen LogP contribution is -2.49. The molecule has 6 rings (SSSR count). The number of hydrogen-bond acceptors (Lipinski definition) is 7. The molecule has 3 aliphatic heterocycles. The average molecular weight is 738 g/mol. The van der Waals surface area contributed by atoms with Gasteiger partial charge in [0, 0.05) is 38.2 Å². The van der Waals surface area contributed by atoms with Crippen LogP contribution in [0.15, 0.2) is 47.3 Å². The molecule has 4 heterocycles. The fraction of sp³-hybridized carbons (Fsp3) is 0.543. The van der Waals surface area contributed by atoms with Crippen LogP contribution in [0.5, 0.6) is 0 Å². The second kappa shape index (κ2) is 15.2.